The third-order valence-electron chi connectivity index (χ3n) is 0.899. The van der Waals surface area contributed by atoms with Gasteiger partial charge in [0.1, 0.15) is 6.61 Å². The molecule has 0 aliphatic heterocycles. The Morgan fingerprint density at radius 2 is 2.20 bits per heavy atom. The zero-order valence-electron chi connectivity index (χ0n) is 6.13. The van der Waals surface area contributed by atoms with E-state index >= 15 is 0 Å². The van der Waals surface area contributed by atoms with Crippen LogP contribution in [0.25, 0.3) is 0 Å². The molecule has 0 spiro atoms. The summed E-state index contributed by atoms with van der Waals surface area (Å²) in [6, 6.07) is 0. The van der Waals surface area contributed by atoms with Crippen molar-refractivity contribution in [1.82, 2.24) is 0 Å². The van der Waals surface area contributed by atoms with Crippen LogP contribution < -0.4 is 5.73 Å². The maximum Gasteiger partial charge on any atom is 0.307 e. The highest BCUT2D eigenvalue weighted by Crippen LogP contribution is 1.82. The molecule has 0 heterocycles. The molecular formula is C6H13NO3. The van der Waals surface area contributed by atoms with Gasteiger partial charge in [0.05, 0.1) is 13.0 Å². The van der Waals surface area contributed by atoms with Crippen LogP contribution in [0.4, 0.5) is 0 Å². The van der Waals surface area contributed by atoms with Crippen LogP contribution in [-0.2, 0) is 14.3 Å². The lowest BCUT2D eigenvalue weighted by atomic mass is 10.4. The van der Waals surface area contributed by atoms with Crippen LogP contribution in [0.1, 0.15) is 6.42 Å². The molecule has 0 fully saturated rings. The van der Waals surface area contributed by atoms with Crippen molar-refractivity contribution in [2.75, 3.05) is 26.9 Å². The van der Waals surface area contributed by atoms with Crippen LogP contribution in [-0.4, -0.2) is 32.8 Å². The lowest BCUT2D eigenvalue weighted by Gasteiger charge is -2.01. The van der Waals surface area contributed by atoms with Gasteiger partial charge in [0.25, 0.3) is 0 Å². The van der Waals surface area contributed by atoms with Crippen molar-refractivity contribution in [2.24, 2.45) is 5.73 Å². The summed E-state index contributed by atoms with van der Waals surface area (Å²) in [4.78, 5) is 10.6. The molecule has 0 aliphatic carbocycles. The molecule has 0 aliphatic rings. The van der Waals surface area contributed by atoms with Crippen molar-refractivity contribution in [3.8, 4) is 0 Å². The fraction of sp³-hybridized carbons (Fsp3) is 0.833. The molecule has 0 aromatic carbocycles. The number of esters is 1. The van der Waals surface area contributed by atoms with Gasteiger partial charge in [-0.15, -0.1) is 0 Å². The molecule has 0 aromatic heterocycles. The number of carbonyl (C=O) groups excluding carboxylic acids is 1. The van der Waals surface area contributed by atoms with Gasteiger partial charge < -0.3 is 15.2 Å². The van der Waals surface area contributed by atoms with Crippen molar-refractivity contribution in [2.45, 2.75) is 6.42 Å². The molecule has 0 amide bonds. The van der Waals surface area contributed by atoms with Crippen LogP contribution in [0.3, 0.4) is 0 Å². The predicted molar refractivity (Wildman–Crippen MR) is 36.5 cm³/mol. The molecule has 0 atom stereocenters. The molecule has 4 nitrogen and oxygen atoms in total. The number of nitrogens with two attached hydrogens (primary N) is 1. The first kappa shape index (κ1) is 9.39. The molecule has 0 bridgehead atoms. The van der Waals surface area contributed by atoms with Crippen LogP contribution in [0, 0.1) is 0 Å². The molecule has 0 aromatic rings. The normalized spacial score (nSPS) is 9.40. The number of rotatable bonds is 5. The van der Waals surface area contributed by atoms with Crippen molar-refractivity contribution in [3.05, 3.63) is 0 Å². The Kier molecular flexibility index (Phi) is 6.11. The van der Waals surface area contributed by atoms with E-state index in [0.717, 1.165) is 0 Å². The van der Waals surface area contributed by atoms with Gasteiger partial charge in [-0.05, 0) is 0 Å². The average molecular weight is 147 g/mol. The molecule has 0 saturated carbocycles. The second-order valence-electron chi connectivity index (χ2n) is 1.75. The van der Waals surface area contributed by atoms with E-state index in [1.807, 2.05) is 0 Å². The molecule has 0 unspecified atom stereocenters. The summed E-state index contributed by atoms with van der Waals surface area (Å²) >= 11 is 0. The van der Waals surface area contributed by atoms with E-state index < -0.39 is 0 Å². The monoisotopic (exact) mass is 147 g/mol. The van der Waals surface area contributed by atoms with E-state index in [1.165, 1.54) is 0 Å². The van der Waals surface area contributed by atoms with Gasteiger partial charge in [-0.1, -0.05) is 0 Å². The molecular weight excluding hydrogens is 134 g/mol. The van der Waals surface area contributed by atoms with Gasteiger partial charge in [0, 0.05) is 13.7 Å². The Morgan fingerprint density at radius 3 is 2.70 bits per heavy atom. The molecule has 10 heavy (non-hydrogen) atoms. The van der Waals surface area contributed by atoms with Gasteiger partial charge in [0.15, 0.2) is 0 Å². The first-order valence-corrected chi connectivity index (χ1v) is 3.16. The summed E-state index contributed by atoms with van der Waals surface area (Å²) in [5.74, 6) is -0.264. The number of ether oxygens (including phenoxy) is 2. The van der Waals surface area contributed by atoms with Gasteiger partial charge in [-0.2, -0.15) is 0 Å². The van der Waals surface area contributed by atoms with Crippen LogP contribution >= 0.6 is 0 Å². The number of carbonyl (C=O) groups is 1. The lowest BCUT2D eigenvalue weighted by Crippen LogP contribution is -2.13. The minimum absolute atomic E-state index is 0.264. The first-order valence-electron chi connectivity index (χ1n) is 3.16. The molecule has 2 N–H and O–H groups in total. The van der Waals surface area contributed by atoms with Crippen molar-refractivity contribution in [1.29, 1.82) is 0 Å². The zero-order valence-corrected chi connectivity index (χ0v) is 6.13. The van der Waals surface area contributed by atoms with E-state index in [0.29, 0.717) is 19.8 Å². The molecule has 0 radical (unpaired) electrons. The van der Waals surface area contributed by atoms with Crippen molar-refractivity contribution >= 4 is 5.97 Å². The zero-order chi connectivity index (χ0) is 7.82. The standard InChI is InChI=1S/C6H13NO3/c1-9-4-5-10-6(8)2-3-7/h2-5,7H2,1H3. The smallest absolute Gasteiger partial charge is 0.307 e. The maximum atomic E-state index is 10.6. The average Bonchev–Trinajstić information content (AvgIpc) is 1.89. The quantitative estimate of drug-likeness (QED) is 0.421. The highest BCUT2D eigenvalue weighted by atomic mass is 16.6. The summed E-state index contributed by atoms with van der Waals surface area (Å²) in [6.07, 6.45) is 0.281. The minimum Gasteiger partial charge on any atom is -0.463 e. The molecule has 60 valence electrons. The second-order valence-corrected chi connectivity index (χ2v) is 1.75. The van der Waals surface area contributed by atoms with Crippen LogP contribution in [0.2, 0.25) is 0 Å². The number of methoxy groups -OCH3 is 1. The lowest BCUT2D eigenvalue weighted by molar-refractivity contribution is -0.144. The van der Waals surface area contributed by atoms with Gasteiger partial charge >= 0.3 is 5.97 Å². The molecule has 0 rings (SSSR count). The topological polar surface area (TPSA) is 61.5 Å². The summed E-state index contributed by atoms with van der Waals surface area (Å²) in [5, 5.41) is 0. The summed E-state index contributed by atoms with van der Waals surface area (Å²) in [7, 11) is 1.55. The Bertz CT molecular complexity index is 95.0. The van der Waals surface area contributed by atoms with Crippen molar-refractivity contribution in [3.63, 3.8) is 0 Å². The first-order chi connectivity index (χ1) is 4.81. The van der Waals surface area contributed by atoms with E-state index in [-0.39, 0.29) is 12.4 Å². The van der Waals surface area contributed by atoms with Gasteiger partial charge in [-0.3, -0.25) is 4.79 Å². The van der Waals surface area contributed by atoms with E-state index in [4.69, 9.17) is 5.73 Å². The number of hydrogen-bond acceptors (Lipinski definition) is 4. The molecule has 0 saturated heterocycles. The fourth-order valence-corrected chi connectivity index (χ4v) is 0.429. The third kappa shape index (κ3) is 5.53. The predicted octanol–water partition coefficient (Wildman–Crippen LogP) is -0.475. The van der Waals surface area contributed by atoms with Crippen molar-refractivity contribution < 1.29 is 14.3 Å². The SMILES string of the molecule is COCCOC(=O)CCN. The highest BCUT2D eigenvalue weighted by molar-refractivity contribution is 5.69. The maximum absolute atomic E-state index is 10.6. The Balaban J connectivity index is 3.05. The third-order valence-corrected chi connectivity index (χ3v) is 0.899. The minimum atomic E-state index is -0.264. The summed E-state index contributed by atoms with van der Waals surface area (Å²) in [6.45, 7) is 1.09. The van der Waals surface area contributed by atoms with Crippen LogP contribution in [0.15, 0.2) is 0 Å². The Hall–Kier alpha value is -0.610. The van der Waals surface area contributed by atoms with Crippen LogP contribution in [0.5, 0.6) is 0 Å². The van der Waals surface area contributed by atoms with E-state index in [9.17, 15) is 4.79 Å². The summed E-state index contributed by atoms with van der Waals surface area (Å²) in [5.41, 5.74) is 5.10. The summed E-state index contributed by atoms with van der Waals surface area (Å²) < 4.78 is 9.34. The second kappa shape index (κ2) is 6.51. The Labute approximate surface area is 60.3 Å². The number of hydrogen-bond donors (Lipinski definition) is 1. The van der Waals surface area contributed by atoms with Gasteiger partial charge in [0.2, 0.25) is 0 Å². The molecule has 4 heteroatoms. The Morgan fingerprint density at radius 1 is 1.50 bits per heavy atom. The van der Waals surface area contributed by atoms with E-state index in [1.54, 1.807) is 7.11 Å². The fourth-order valence-electron chi connectivity index (χ4n) is 0.429. The van der Waals surface area contributed by atoms with E-state index in [2.05, 4.69) is 9.47 Å². The van der Waals surface area contributed by atoms with Gasteiger partial charge in [-0.25, -0.2) is 0 Å². The largest absolute Gasteiger partial charge is 0.463 e. The highest BCUT2D eigenvalue weighted by Gasteiger charge is 1.98.